The van der Waals surface area contributed by atoms with Gasteiger partial charge in [0.2, 0.25) is 0 Å². The van der Waals surface area contributed by atoms with Crippen LogP contribution in [0.4, 0.5) is 0 Å². The molecule has 0 saturated heterocycles. The van der Waals surface area contributed by atoms with Crippen LogP contribution in [0, 0.1) is 6.92 Å². The Morgan fingerprint density at radius 1 is 1.28 bits per heavy atom. The number of thiazole rings is 1. The molecule has 0 saturated carbocycles. The monoisotopic (exact) mass is 324 g/mol. The molecule has 0 amide bonds. The lowest BCUT2D eigenvalue weighted by Crippen LogP contribution is -2.35. The Balaban J connectivity index is 2.04. The number of aromatic nitrogens is 1. The fraction of sp³-hybridized carbons (Fsp3) is 0.357. The lowest BCUT2D eigenvalue weighted by molar-refractivity contribution is 0.400. The Labute approximate surface area is 121 Å². The maximum absolute atomic E-state index is 4.47. The van der Waals surface area contributed by atoms with Crippen molar-refractivity contribution in [2.75, 3.05) is 0 Å². The molecule has 0 fully saturated rings. The van der Waals surface area contributed by atoms with Gasteiger partial charge in [0.1, 0.15) is 5.01 Å². The molecule has 1 heterocycles. The number of hydrogen-bond acceptors (Lipinski definition) is 3. The van der Waals surface area contributed by atoms with Crippen molar-refractivity contribution in [3.8, 4) is 0 Å². The maximum Gasteiger partial charge on any atom is 0.107 e. The van der Waals surface area contributed by atoms with Crippen molar-refractivity contribution in [3.63, 3.8) is 0 Å². The number of hydrogen-bond donors (Lipinski definition) is 1. The fourth-order valence-corrected chi connectivity index (χ4v) is 2.72. The van der Waals surface area contributed by atoms with Gasteiger partial charge in [-0.15, -0.1) is 11.3 Å². The number of benzene rings is 1. The van der Waals surface area contributed by atoms with Gasteiger partial charge in [-0.2, -0.15) is 0 Å². The Morgan fingerprint density at radius 2 is 1.94 bits per heavy atom. The van der Waals surface area contributed by atoms with Crippen molar-refractivity contribution in [2.24, 2.45) is 0 Å². The Bertz CT molecular complexity index is 517. The molecular formula is C14H17BrN2S. The van der Waals surface area contributed by atoms with Gasteiger partial charge in [-0.3, -0.25) is 0 Å². The van der Waals surface area contributed by atoms with Crippen molar-refractivity contribution in [1.82, 2.24) is 10.3 Å². The highest BCUT2D eigenvalue weighted by Gasteiger charge is 2.19. The topological polar surface area (TPSA) is 24.9 Å². The SMILES string of the molecule is Cc1csc(CNC(C)(C)c2ccc(Br)cc2)n1. The molecule has 0 bridgehead atoms. The zero-order valence-electron chi connectivity index (χ0n) is 10.8. The molecule has 0 unspecified atom stereocenters. The van der Waals surface area contributed by atoms with Crippen LogP contribution in [-0.4, -0.2) is 4.98 Å². The summed E-state index contributed by atoms with van der Waals surface area (Å²) >= 11 is 5.17. The van der Waals surface area contributed by atoms with E-state index in [9.17, 15) is 0 Å². The summed E-state index contributed by atoms with van der Waals surface area (Å²) in [6, 6.07) is 8.44. The third kappa shape index (κ3) is 3.40. The van der Waals surface area contributed by atoms with Crippen molar-refractivity contribution in [1.29, 1.82) is 0 Å². The van der Waals surface area contributed by atoms with Gasteiger partial charge in [0.25, 0.3) is 0 Å². The molecule has 0 aliphatic heterocycles. The van der Waals surface area contributed by atoms with E-state index in [-0.39, 0.29) is 5.54 Å². The van der Waals surface area contributed by atoms with Gasteiger partial charge >= 0.3 is 0 Å². The van der Waals surface area contributed by atoms with Crippen molar-refractivity contribution in [3.05, 3.63) is 50.4 Å². The fourth-order valence-electron chi connectivity index (χ4n) is 1.75. The third-order valence-corrected chi connectivity index (χ3v) is 4.41. The van der Waals surface area contributed by atoms with Crippen LogP contribution >= 0.6 is 27.3 Å². The highest BCUT2D eigenvalue weighted by atomic mass is 79.9. The summed E-state index contributed by atoms with van der Waals surface area (Å²) in [7, 11) is 0. The molecule has 1 aromatic heterocycles. The average Bonchev–Trinajstić information content (AvgIpc) is 2.73. The lowest BCUT2D eigenvalue weighted by Gasteiger charge is -2.26. The molecule has 96 valence electrons. The predicted molar refractivity (Wildman–Crippen MR) is 80.9 cm³/mol. The highest BCUT2D eigenvalue weighted by molar-refractivity contribution is 9.10. The van der Waals surface area contributed by atoms with Gasteiger partial charge in [0.05, 0.1) is 0 Å². The van der Waals surface area contributed by atoms with Crippen molar-refractivity contribution in [2.45, 2.75) is 32.9 Å². The maximum atomic E-state index is 4.47. The van der Waals surface area contributed by atoms with Crippen LogP contribution in [0.1, 0.15) is 30.1 Å². The summed E-state index contributed by atoms with van der Waals surface area (Å²) in [5.41, 5.74) is 2.32. The molecule has 0 aliphatic carbocycles. The van der Waals surface area contributed by atoms with Crippen LogP contribution in [0.15, 0.2) is 34.1 Å². The van der Waals surface area contributed by atoms with Crippen molar-refractivity contribution < 1.29 is 0 Å². The van der Waals surface area contributed by atoms with E-state index in [4.69, 9.17) is 0 Å². The van der Waals surface area contributed by atoms with E-state index in [1.807, 2.05) is 6.92 Å². The summed E-state index contributed by atoms with van der Waals surface area (Å²) in [5.74, 6) is 0. The first-order valence-corrected chi connectivity index (χ1v) is 7.57. The molecule has 2 rings (SSSR count). The first-order valence-electron chi connectivity index (χ1n) is 5.89. The molecule has 2 nitrogen and oxygen atoms in total. The molecule has 2 aromatic rings. The predicted octanol–water partition coefficient (Wildman–Crippen LogP) is 4.24. The van der Waals surface area contributed by atoms with Gasteiger partial charge < -0.3 is 5.32 Å². The second-order valence-electron chi connectivity index (χ2n) is 4.87. The summed E-state index contributed by atoms with van der Waals surface area (Å²) in [4.78, 5) is 4.47. The van der Waals surface area contributed by atoms with Crippen LogP contribution in [0.25, 0.3) is 0 Å². The van der Waals surface area contributed by atoms with Gasteiger partial charge in [0, 0.05) is 27.6 Å². The summed E-state index contributed by atoms with van der Waals surface area (Å²) in [6.07, 6.45) is 0. The quantitative estimate of drug-likeness (QED) is 0.909. The Morgan fingerprint density at radius 3 is 2.50 bits per heavy atom. The van der Waals surface area contributed by atoms with Gasteiger partial charge in [-0.1, -0.05) is 28.1 Å². The number of halogens is 1. The molecule has 4 heteroatoms. The van der Waals surface area contributed by atoms with E-state index in [2.05, 4.69) is 69.7 Å². The number of aryl methyl sites for hydroxylation is 1. The van der Waals surface area contributed by atoms with Crippen LogP contribution in [0.3, 0.4) is 0 Å². The Kier molecular flexibility index (Phi) is 4.20. The summed E-state index contributed by atoms with van der Waals surface area (Å²) < 4.78 is 1.11. The van der Waals surface area contributed by atoms with Gasteiger partial charge in [-0.05, 0) is 38.5 Å². The molecule has 0 atom stereocenters. The molecule has 0 spiro atoms. The van der Waals surface area contributed by atoms with Gasteiger partial charge in [-0.25, -0.2) is 4.98 Å². The second-order valence-corrected chi connectivity index (χ2v) is 6.73. The molecule has 0 aliphatic rings. The minimum atomic E-state index is -0.0553. The van der Waals surface area contributed by atoms with E-state index in [1.54, 1.807) is 11.3 Å². The first-order chi connectivity index (χ1) is 8.47. The van der Waals surface area contributed by atoms with Gasteiger partial charge in [0.15, 0.2) is 0 Å². The first kappa shape index (κ1) is 13.7. The van der Waals surface area contributed by atoms with Crippen molar-refractivity contribution >= 4 is 27.3 Å². The zero-order chi connectivity index (χ0) is 13.2. The van der Waals surface area contributed by atoms with E-state index in [0.717, 1.165) is 21.7 Å². The molecule has 1 N–H and O–H groups in total. The van der Waals surface area contributed by atoms with E-state index < -0.39 is 0 Å². The molecule has 18 heavy (non-hydrogen) atoms. The van der Waals surface area contributed by atoms with Crippen LogP contribution in [0.2, 0.25) is 0 Å². The molecular weight excluding hydrogens is 308 g/mol. The minimum Gasteiger partial charge on any atom is -0.301 e. The van der Waals surface area contributed by atoms with Crippen LogP contribution < -0.4 is 5.32 Å². The second kappa shape index (κ2) is 5.51. The van der Waals surface area contributed by atoms with Crippen LogP contribution in [-0.2, 0) is 12.1 Å². The van der Waals surface area contributed by atoms with E-state index >= 15 is 0 Å². The number of nitrogens with one attached hydrogen (secondary N) is 1. The zero-order valence-corrected chi connectivity index (χ0v) is 13.2. The largest absolute Gasteiger partial charge is 0.301 e. The van der Waals surface area contributed by atoms with E-state index in [1.165, 1.54) is 5.56 Å². The molecule has 0 radical (unpaired) electrons. The standard InChI is InChI=1S/C14H17BrN2S/c1-10-9-18-13(17-10)8-16-14(2,3)11-4-6-12(15)7-5-11/h4-7,9,16H,8H2,1-3H3. The number of rotatable bonds is 4. The minimum absolute atomic E-state index is 0.0553. The summed E-state index contributed by atoms with van der Waals surface area (Å²) in [6.45, 7) is 7.22. The smallest absolute Gasteiger partial charge is 0.107 e. The third-order valence-electron chi connectivity index (χ3n) is 2.91. The summed E-state index contributed by atoms with van der Waals surface area (Å²) in [5, 5.41) is 6.78. The lowest BCUT2D eigenvalue weighted by atomic mass is 9.94. The highest BCUT2D eigenvalue weighted by Crippen LogP contribution is 2.23. The number of nitrogens with zero attached hydrogens (tertiary/aromatic N) is 1. The average molecular weight is 325 g/mol. The molecule has 1 aromatic carbocycles. The Hall–Kier alpha value is -0.710. The van der Waals surface area contributed by atoms with E-state index in [0.29, 0.717) is 0 Å². The van der Waals surface area contributed by atoms with Crippen LogP contribution in [0.5, 0.6) is 0 Å². The normalized spacial score (nSPS) is 11.8.